The van der Waals surface area contributed by atoms with Crippen LogP contribution in [0.15, 0.2) is 48.0 Å². The van der Waals surface area contributed by atoms with Crippen LogP contribution >= 0.6 is 0 Å². The van der Waals surface area contributed by atoms with Gasteiger partial charge in [0.25, 0.3) is 5.91 Å². The van der Waals surface area contributed by atoms with Gasteiger partial charge in [-0.25, -0.2) is 4.98 Å². The van der Waals surface area contributed by atoms with E-state index in [0.29, 0.717) is 28.9 Å². The topological polar surface area (TPSA) is 71.5 Å². The highest BCUT2D eigenvalue weighted by molar-refractivity contribution is 6.08. The highest BCUT2D eigenvalue weighted by Crippen LogP contribution is 2.33. The Kier molecular flexibility index (Phi) is 4.97. The lowest BCUT2D eigenvalue weighted by Crippen LogP contribution is -2.26. The minimum Gasteiger partial charge on any atom is -0.406 e. The number of anilines is 2. The second-order valence-corrected chi connectivity index (χ2v) is 7.23. The van der Waals surface area contributed by atoms with Crippen LogP contribution in [-0.2, 0) is 9.59 Å². The first-order valence-electron chi connectivity index (χ1n) is 9.36. The van der Waals surface area contributed by atoms with Crippen LogP contribution in [0.5, 0.6) is 5.75 Å². The molecule has 2 aliphatic rings. The zero-order valence-corrected chi connectivity index (χ0v) is 16.0. The van der Waals surface area contributed by atoms with Crippen molar-refractivity contribution in [2.45, 2.75) is 25.6 Å². The Morgan fingerprint density at radius 1 is 1.13 bits per heavy atom. The van der Waals surface area contributed by atoms with E-state index in [4.69, 9.17) is 0 Å². The maximum Gasteiger partial charge on any atom is 0.573 e. The minimum atomic E-state index is -4.77. The molecule has 0 radical (unpaired) electrons. The first kappa shape index (κ1) is 19.9. The van der Waals surface area contributed by atoms with E-state index in [1.165, 1.54) is 29.2 Å². The highest BCUT2D eigenvalue weighted by atomic mass is 19.4. The molecular weight excluding hydrogens is 399 g/mol. The van der Waals surface area contributed by atoms with Gasteiger partial charge in [-0.3, -0.25) is 14.5 Å². The van der Waals surface area contributed by atoms with E-state index in [1.807, 2.05) is 0 Å². The van der Waals surface area contributed by atoms with Crippen LogP contribution in [-0.4, -0.2) is 30.2 Å². The number of rotatable bonds is 6. The third-order valence-corrected chi connectivity index (χ3v) is 4.76. The Labute approximate surface area is 170 Å². The largest absolute Gasteiger partial charge is 0.573 e. The number of nitrogens with zero attached hydrogens (tertiary/aromatic N) is 2. The van der Waals surface area contributed by atoms with Gasteiger partial charge in [0.2, 0.25) is 5.91 Å². The number of carbonyl (C=O) groups excluding carboxylic acids is 2. The van der Waals surface area contributed by atoms with Crippen molar-refractivity contribution in [3.8, 4) is 16.9 Å². The maximum absolute atomic E-state index is 12.4. The zero-order chi connectivity index (χ0) is 21.5. The first-order chi connectivity index (χ1) is 14.2. The fourth-order valence-electron chi connectivity index (χ4n) is 2.89. The average Bonchev–Trinajstić information content (AvgIpc) is 3.57. The third kappa shape index (κ3) is 4.79. The molecule has 1 heterocycles. The molecule has 1 fully saturated rings. The number of hydrogen-bond acceptors (Lipinski definition) is 4. The van der Waals surface area contributed by atoms with Crippen LogP contribution < -0.4 is 15.0 Å². The number of amides is 2. The van der Waals surface area contributed by atoms with E-state index in [2.05, 4.69) is 15.0 Å². The molecule has 4 rings (SSSR count). The van der Waals surface area contributed by atoms with Gasteiger partial charge >= 0.3 is 6.36 Å². The van der Waals surface area contributed by atoms with Crippen molar-refractivity contribution >= 4 is 23.5 Å². The van der Waals surface area contributed by atoms with Gasteiger partial charge in [-0.1, -0.05) is 18.2 Å². The van der Waals surface area contributed by atoms with Crippen molar-refractivity contribution in [3.63, 3.8) is 0 Å². The monoisotopic (exact) mass is 417 g/mol. The minimum absolute atomic E-state index is 0.0336. The van der Waals surface area contributed by atoms with Gasteiger partial charge in [0, 0.05) is 18.5 Å². The number of likely N-dealkylation sites (N-methyl/N-ethyl adjacent to an activating group) is 1. The molecule has 156 valence electrons. The number of carbonyl (C=O) groups is 2. The second kappa shape index (κ2) is 7.47. The van der Waals surface area contributed by atoms with Gasteiger partial charge in [-0.05, 0) is 54.7 Å². The molecule has 0 atom stereocenters. The molecule has 2 amide bonds. The Hall–Kier alpha value is -3.36. The van der Waals surface area contributed by atoms with Crippen molar-refractivity contribution in [1.82, 2.24) is 4.98 Å². The van der Waals surface area contributed by atoms with Gasteiger partial charge < -0.3 is 10.1 Å². The normalized spacial score (nSPS) is 15.3. The van der Waals surface area contributed by atoms with E-state index in [0.717, 1.165) is 12.8 Å². The molecule has 0 aliphatic heterocycles. The SMILES string of the molecule is CN(C(=O)C1=CC1)c1cc(-c2ccc(OC(F)(F)F)cc2)cc(NC(=O)C2CC2)n1. The number of nitrogens with one attached hydrogen (secondary N) is 1. The molecule has 0 unspecified atom stereocenters. The van der Waals surface area contributed by atoms with Crippen LogP contribution in [0.4, 0.5) is 24.8 Å². The van der Waals surface area contributed by atoms with E-state index < -0.39 is 6.36 Å². The Bertz CT molecular complexity index is 1030. The van der Waals surface area contributed by atoms with Crippen LogP contribution in [0.25, 0.3) is 11.1 Å². The predicted octanol–water partition coefficient (Wildman–Crippen LogP) is 4.29. The van der Waals surface area contributed by atoms with Crippen LogP contribution in [0.3, 0.4) is 0 Å². The summed E-state index contributed by atoms with van der Waals surface area (Å²) < 4.78 is 41.1. The molecule has 1 aromatic heterocycles. The highest BCUT2D eigenvalue weighted by Gasteiger charge is 2.31. The number of alkyl halides is 3. The summed E-state index contributed by atoms with van der Waals surface area (Å²) in [5.74, 6) is -0.0950. The van der Waals surface area contributed by atoms with Gasteiger partial charge in [-0.2, -0.15) is 0 Å². The summed E-state index contributed by atoms with van der Waals surface area (Å²) in [7, 11) is 1.58. The van der Waals surface area contributed by atoms with Crippen LogP contribution in [0.1, 0.15) is 19.3 Å². The fraction of sp³-hybridized carbons (Fsp3) is 0.286. The Morgan fingerprint density at radius 2 is 1.80 bits per heavy atom. The third-order valence-electron chi connectivity index (χ3n) is 4.76. The lowest BCUT2D eigenvalue weighted by atomic mass is 10.1. The van der Waals surface area contributed by atoms with Gasteiger partial charge in [-0.15, -0.1) is 13.2 Å². The molecule has 0 spiro atoms. The molecule has 0 bridgehead atoms. The molecule has 2 aliphatic carbocycles. The number of hydrogen-bond donors (Lipinski definition) is 1. The number of ether oxygens (including phenoxy) is 1. The van der Waals surface area contributed by atoms with E-state index in [1.54, 1.807) is 25.3 Å². The van der Waals surface area contributed by atoms with Gasteiger partial charge in [0.15, 0.2) is 0 Å². The standard InChI is InChI=1S/C21H18F3N3O3/c1-27(20(29)14-4-5-14)18-11-15(10-17(25-18)26-19(28)13-2-3-13)12-6-8-16(9-7-12)30-21(22,23)24/h4,6-11,13H,2-3,5H2,1H3,(H,25,26,28). The fourth-order valence-corrected chi connectivity index (χ4v) is 2.89. The van der Waals surface area contributed by atoms with Crippen molar-refractivity contribution in [3.05, 3.63) is 48.0 Å². The number of pyridine rings is 1. The molecule has 30 heavy (non-hydrogen) atoms. The smallest absolute Gasteiger partial charge is 0.406 e. The van der Waals surface area contributed by atoms with Gasteiger partial charge in [0.05, 0.1) is 0 Å². The van der Waals surface area contributed by atoms with E-state index in [-0.39, 0.29) is 29.3 Å². The molecule has 9 heteroatoms. The lowest BCUT2D eigenvalue weighted by Gasteiger charge is -2.18. The van der Waals surface area contributed by atoms with Gasteiger partial charge in [0.1, 0.15) is 17.4 Å². The van der Waals surface area contributed by atoms with Crippen LogP contribution in [0.2, 0.25) is 0 Å². The van der Waals surface area contributed by atoms with Crippen molar-refractivity contribution in [2.24, 2.45) is 5.92 Å². The lowest BCUT2D eigenvalue weighted by molar-refractivity contribution is -0.274. The predicted molar refractivity (Wildman–Crippen MR) is 104 cm³/mol. The number of halogens is 3. The molecular formula is C21H18F3N3O3. The quantitative estimate of drug-likeness (QED) is 0.761. The Balaban J connectivity index is 1.64. The summed E-state index contributed by atoms with van der Waals surface area (Å²) in [6, 6.07) is 8.62. The molecule has 1 saturated carbocycles. The van der Waals surface area contributed by atoms with Crippen molar-refractivity contribution in [1.29, 1.82) is 0 Å². The summed E-state index contributed by atoms with van der Waals surface area (Å²) in [4.78, 5) is 30.3. The van der Waals surface area contributed by atoms with Crippen molar-refractivity contribution in [2.75, 3.05) is 17.3 Å². The second-order valence-electron chi connectivity index (χ2n) is 7.23. The molecule has 6 nitrogen and oxygen atoms in total. The zero-order valence-electron chi connectivity index (χ0n) is 16.0. The molecule has 0 saturated heterocycles. The summed E-state index contributed by atoms with van der Waals surface area (Å²) in [6.45, 7) is 0. The Morgan fingerprint density at radius 3 is 2.37 bits per heavy atom. The summed E-state index contributed by atoms with van der Waals surface area (Å²) in [5, 5.41) is 2.76. The number of allylic oxidation sites excluding steroid dienone is 1. The van der Waals surface area contributed by atoms with Crippen LogP contribution in [0, 0.1) is 5.92 Å². The summed E-state index contributed by atoms with van der Waals surface area (Å²) in [5.41, 5.74) is 1.86. The number of aromatic nitrogens is 1. The summed E-state index contributed by atoms with van der Waals surface area (Å²) >= 11 is 0. The molecule has 1 N–H and O–H groups in total. The molecule has 1 aromatic carbocycles. The van der Waals surface area contributed by atoms with E-state index in [9.17, 15) is 22.8 Å². The summed E-state index contributed by atoms with van der Waals surface area (Å²) in [6.07, 6.45) is -0.685. The maximum atomic E-state index is 12.4. The van der Waals surface area contributed by atoms with E-state index >= 15 is 0 Å². The molecule has 2 aromatic rings. The first-order valence-corrected chi connectivity index (χ1v) is 9.36. The average molecular weight is 417 g/mol. The van der Waals surface area contributed by atoms with Crippen molar-refractivity contribution < 1.29 is 27.5 Å². The number of benzene rings is 1.